The molecule has 4 nitrogen and oxygen atoms in total. The van der Waals surface area contributed by atoms with Crippen molar-refractivity contribution in [2.45, 2.75) is 38.4 Å². The van der Waals surface area contributed by atoms with Crippen molar-refractivity contribution in [3.05, 3.63) is 18.2 Å². The van der Waals surface area contributed by atoms with Crippen molar-refractivity contribution in [2.75, 3.05) is 19.5 Å². The highest BCUT2D eigenvalue weighted by atomic mass is 16.6. The summed E-state index contributed by atoms with van der Waals surface area (Å²) >= 11 is 0. The summed E-state index contributed by atoms with van der Waals surface area (Å²) in [5, 5.41) is 0. The Balaban J connectivity index is 1.96. The molecule has 2 rings (SSSR count). The molecule has 0 amide bonds. The van der Waals surface area contributed by atoms with E-state index in [1.54, 1.807) is 19.2 Å². The van der Waals surface area contributed by atoms with Crippen LogP contribution in [-0.4, -0.2) is 25.4 Å². The summed E-state index contributed by atoms with van der Waals surface area (Å²) < 4.78 is 16.9. The molecule has 0 radical (unpaired) electrons. The number of rotatable bonds is 4. The fraction of sp³-hybridized carbons (Fsp3) is 0.571. The number of methoxy groups -OCH3 is 1. The van der Waals surface area contributed by atoms with Crippen LogP contribution in [0.5, 0.6) is 11.5 Å². The first-order valence-corrected chi connectivity index (χ1v) is 6.24. The summed E-state index contributed by atoms with van der Waals surface area (Å²) in [6, 6.07) is 5.38. The SMILES string of the molecule is COc1ccc(N)cc1OCC1CCC(C)(C)O1. The lowest BCUT2D eigenvalue weighted by Crippen LogP contribution is -2.24. The molecule has 2 N–H and O–H groups in total. The zero-order valence-electron chi connectivity index (χ0n) is 11.2. The van der Waals surface area contributed by atoms with E-state index < -0.39 is 0 Å². The molecule has 1 heterocycles. The van der Waals surface area contributed by atoms with Gasteiger partial charge in [0.05, 0.1) is 18.8 Å². The van der Waals surface area contributed by atoms with Crippen LogP contribution < -0.4 is 15.2 Å². The molecular weight excluding hydrogens is 230 g/mol. The number of nitrogen functional groups attached to an aromatic ring is 1. The van der Waals surface area contributed by atoms with Crippen LogP contribution in [0.3, 0.4) is 0 Å². The molecule has 1 aliphatic rings. The minimum atomic E-state index is -0.0339. The van der Waals surface area contributed by atoms with Crippen LogP contribution in [0.4, 0.5) is 5.69 Å². The molecule has 1 aromatic rings. The molecule has 1 atom stereocenters. The third-order valence-corrected chi connectivity index (χ3v) is 3.17. The first kappa shape index (κ1) is 13.0. The summed E-state index contributed by atoms with van der Waals surface area (Å²) in [5.41, 5.74) is 6.37. The second-order valence-corrected chi connectivity index (χ2v) is 5.26. The van der Waals surface area contributed by atoms with E-state index >= 15 is 0 Å². The van der Waals surface area contributed by atoms with Crippen molar-refractivity contribution in [1.29, 1.82) is 0 Å². The minimum Gasteiger partial charge on any atom is -0.493 e. The summed E-state index contributed by atoms with van der Waals surface area (Å²) in [7, 11) is 1.62. The quantitative estimate of drug-likeness (QED) is 0.836. The average Bonchev–Trinajstić information content (AvgIpc) is 2.66. The Morgan fingerprint density at radius 1 is 1.39 bits per heavy atom. The van der Waals surface area contributed by atoms with Gasteiger partial charge in [-0.2, -0.15) is 0 Å². The van der Waals surface area contributed by atoms with Crippen molar-refractivity contribution in [3.8, 4) is 11.5 Å². The molecule has 100 valence electrons. The van der Waals surface area contributed by atoms with Crippen LogP contribution in [0, 0.1) is 0 Å². The van der Waals surface area contributed by atoms with E-state index in [2.05, 4.69) is 13.8 Å². The Labute approximate surface area is 108 Å². The van der Waals surface area contributed by atoms with Crippen molar-refractivity contribution >= 4 is 5.69 Å². The Bertz CT molecular complexity index is 418. The summed E-state index contributed by atoms with van der Waals surface area (Å²) in [6.45, 7) is 4.74. The Hall–Kier alpha value is -1.42. The van der Waals surface area contributed by atoms with Gasteiger partial charge in [-0.15, -0.1) is 0 Å². The highest BCUT2D eigenvalue weighted by Crippen LogP contribution is 2.32. The molecule has 0 bridgehead atoms. The molecule has 0 spiro atoms. The molecule has 18 heavy (non-hydrogen) atoms. The minimum absolute atomic E-state index is 0.0339. The van der Waals surface area contributed by atoms with Gasteiger partial charge < -0.3 is 19.9 Å². The van der Waals surface area contributed by atoms with Crippen molar-refractivity contribution in [1.82, 2.24) is 0 Å². The van der Waals surface area contributed by atoms with Gasteiger partial charge in [0.1, 0.15) is 6.61 Å². The fourth-order valence-corrected chi connectivity index (χ4v) is 2.18. The summed E-state index contributed by atoms with van der Waals surface area (Å²) in [5.74, 6) is 1.37. The van der Waals surface area contributed by atoms with Gasteiger partial charge in [-0.1, -0.05) is 0 Å². The monoisotopic (exact) mass is 251 g/mol. The standard InChI is InChI=1S/C14H21NO3/c1-14(2)7-6-11(18-14)9-17-13-8-10(15)4-5-12(13)16-3/h4-5,8,11H,6-7,9,15H2,1-3H3. The predicted octanol–water partition coefficient (Wildman–Crippen LogP) is 2.61. The second-order valence-electron chi connectivity index (χ2n) is 5.26. The van der Waals surface area contributed by atoms with Gasteiger partial charge in [0, 0.05) is 11.8 Å². The molecule has 1 aliphatic heterocycles. The van der Waals surface area contributed by atoms with Crippen molar-refractivity contribution in [2.24, 2.45) is 0 Å². The van der Waals surface area contributed by atoms with E-state index in [1.807, 2.05) is 6.07 Å². The smallest absolute Gasteiger partial charge is 0.163 e. The van der Waals surface area contributed by atoms with Gasteiger partial charge in [0.15, 0.2) is 11.5 Å². The lowest BCUT2D eigenvalue weighted by Gasteiger charge is -2.20. The molecule has 4 heteroatoms. The van der Waals surface area contributed by atoms with Gasteiger partial charge in [-0.05, 0) is 38.8 Å². The largest absolute Gasteiger partial charge is 0.493 e. The Morgan fingerprint density at radius 2 is 2.17 bits per heavy atom. The van der Waals surface area contributed by atoms with Crippen LogP contribution >= 0.6 is 0 Å². The predicted molar refractivity (Wildman–Crippen MR) is 71.1 cm³/mol. The van der Waals surface area contributed by atoms with Crippen LogP contribution in [0.15, 0.2) is 18.2 Å². The van der Waals surface area contributed by atoms with E-state index in [9.17, 15) is 0 Å². The topological polar surface area (TPSA) is 53.7 Å². The molecule has 1 fully saturated rings. The number of benzene rings is 1. The van der Waals surface area contributed by atoms with Crippen LogP contribution in [0.25, 0.3) is 0 Å². The highest BCUT2D eigenvalue weighted by molar-refractivity contribution is 5.51. The molecular formula is C14H21NO3. The number of hydrogen-bond acceptors (Lipinski definition) is 4. The average molecular weight is 251 g/mol. The number of anilines is 1. The lowest BCUT2D eigenvalue weighted by molar-refractivity contribution is -0.0328. The Morgan fingerprint density at radius 3 is 2.78 bits per heavy atom. The van der Waals surface area contributed by atoms with Gasteiger partial charge in [0.2, 0.25) is 0 Å². The third-order valence-electron chi connectivity index (χ3n) is 3.17. The molecule has 0 aliphatic carbocycles. The zero-order valence-corrected chi connectivity index (χ0v) is 11.2. The molecule has 0 saturated carbocycles. The van der Waals surface area contributed by atoms with Gasteiger partial charge in [-0.3, -0.25) is 0 Å². The number of nitrogens with two attached hydrogens (primary N) is 1. The van der Waals surface area contributed by atoms with E-state index in [1.165, 1.54) is 0 Å². The first-order valence-electron chi connectivity index (χ1n) is 6.24. The van der Waals surface area contributed by atoms with Gasteiger partial charge >= 0.3 is 0 Å². The van der Waals surface area contributed by atoms with Crippen molar-refractivity contribution in [3.63, 3.8) is 0 Å². The summed E-state index contributed by atoms with van der Waals surface area (Å²) in [4.78, 5) is 0. The van der Waals surface area contributed by atoms with E-state index in [0.717, 1.165) is 12.8 Å². The number of ether oxygens (including phenoxy) is 3. The maximum atomic E-state index is 5.88. The normalized spacial score (nSPS) is 21.8. The van der Waals surface area contributed by atoms with Crippen LogP contribution in [-0.2, 0) is 4.74 Å². The first-order chi connectivity index (χ1) is 8.50. The molecule has 1 unspecified atom stereocenters. The molecule has 0 aromatic heterocycles. The number of hydrogen-bond donors (Lipinski definition) is 1. The zero-order chi connectivity index (χ0) is 13.2. The van der Waals surface area contributed by atoms with E-state index in [-0.39, 0.29) is 11.7 Å². The van der Waals surface area contributed by atoms with Crippen LogP contribution in [0.2, 0.25) is 0 Å². The van der Waals surface area contributed by atoms with E-state index in [0.29, 0.717) is 23.8 Å². The third kappa shape index (κ3) is 3.07. The fourth-order valence-electron chi connectivity index (χ4n) is 2.18. The van der Waals surface area contributed by atoms with Crippen molar-refractivity contribution < 1.29 is 14.2 Å². The maximum absolute atomic E-state index is 5.88. The second kappa shape index (κ2) is 5.06. The molecule has 1 saturated heterocycles. The lowest BCUT2D eigenvalue weighted by atomic mass is 10.1. The van der Waals surface area contributed by atoms with Gasteiger partial charge in [0.25, 0.3) is 0 Å². The maximum Gasteiger partial charge on any atom is 0.163 e. The van der Waals surface area contributed by atoms with Gasteiger partial charge in [-0.25, -0.2) is 0 Å². The summed E-state index contributed by atoms with van der Waals surface area (Å²) in [6.07, 6.45) is 2.23. The van der Waals surface area contributed by atoms with E-state index in [4.69, 9.17) is 19.9 Å². The molecule has 1 aromatic carbocycles. The highest BCUT2D eigenvalue weighted by Gasteiger charge is 2.32. The Kier molecular flexibility index (Phi) is 3.66. The van der Waals surface area contributed by atoms with Crippen LogP contribution in [0.1, 0.15) is 26.7 Å².